The van der Waals surface area contributed by atoms with Crippen molar-refractivity contribution in [2.24, 2.45) is 5.92 Å². The first kappa shape index (κ1) is 15.3. The van der Waals surface area contributed by atoms with Crippen molar-refractivity contribution in [3.05, 3.63) is 29.3 Å². The first-order valence-electron chi connectivity index (χ1n) is 6.51. The minimum Gasteiger partial charge on any atom is -0.496 e. The number of alkyl halides is 1. The normalized spacial score (nSPS) is 12.8. The molecule has 0 spiro atoms. The van der Waals surface area contributed by atoms with E-state index in [1.54, 1.807) is 7.11 Å². The van der Waals surface area contributed by atoms with Crippen molar-refractivity contribution in [2.75, 3.05) is 13.0 Å². The summed E-state index contributed by atoms with van der Waals surface area (Å²) in [5.74, 6) is 2.22. The molecular weight excluding hydrogens is 246 g/mol. The predicted octanol–water partition coefficient (Wildman–Crippen LogP) is 3.75. The monoisotopic (exact) mass is 269 g/mol. The number of rotatable bonds is 7. The first-order valence-corrected chi connectivity index (χ1v) is 7.04. The Hall–Kier alpha value is -0.730. The molecule has 1 atom stereocenters. The summed E-state index contributed by atoms with van der Waals surface area (Å²) in [4.78, 5) is 0. The smallest absolute Gasteiger partial charge is 0.123 e. The standard InChI is InChI=1S/C15H24ClNO/c1-11(2)14(7-8-16)17-10-13-9-12(3)5-6-15(13)18-4/h5-6,9,11,14,17H,7-8,10H2,1-4H3. The Bertz CT molecular complexity index is 366. The molecule has 2 nitrogen and oxygen atoms in total. The molecular formula is C15H24ClNO. The van der Waals surface area contributed by atoms with E-state index < -0.39 is 0 Å². The van der Waals surface area contributed by atoms with Crippen LogP contribution in [0.1, 0.15) is 31.4 Å². The van der Waals surface area contributed by atoms with Gasteiger partial charge in [0, 0.05) is 24.0 Å². The van der Waals surface area contributed by atoms with E-state index in [0.29, 0.717) is 17.8 Å². The van der Waals surface area contributed by atoms with Gasteiger partial charge in [-0.2, -0.15) is 0 Å². The minimum absolute atomic E-state index is 0.452. The van der Waals surface area contributed by atoms with Gasteiger partial charge in [0.05, 0.1) is 7.11 Å². The molecule has 0 radical (unpaired) electrons. The molecule has 0 fully saturated rings. The summed E-state index contributed by atoms with van der Waals surface area (Å²) in [6.07, 6.45) is 0.993. The van der Waals surface area contributed by atoms with Gasteiger partial charge >= 0.3 is 0 Å². The highest BCUT2D eigenvalue weighted by molar-refractivity contribution is 6.17. The van der Waals surface area contributed by atoms with Crippen LogP contribution in [0.3, 0.4) is 0 Å². The maximum Gasteiger partial charge on any atom is 0.123 e. The Morgan fingerprint density at radius 1 is 1.33 bits per heavy atom. The van der Waals surface area contributed by atoms with Crippen molar-refractivity contribution < 1.29 is 4.74 Å². The Kier molecular flexibility index (Phi) is 6.51. The lowest BCUT2D eigenvalue weighted by Gasteiger charge is -2.22. The largest absolute Gasteiger partial charge is 0.496 e. The van der Waals surface area contributed by atoms with Gasteiger partial charge in [-0.1, -0.05) is 31.5 Å². The molecule has 0 saturated carbocycles. The first-order chi connectivity index (χ1) is 8.58. The number of methoxy groups -OCH3 is 1. The molecule has 1 aromatic carbocycles. The van der Waals surface area contributed by atoms with Crippen LogP contribution >= 0.6 is 11.6 Å². The molecule has 0 aromatic heterocycles. The van der Waals surface area contributed by atoms with E-state index in [1.807, 2.05) is 6.07 Å². The lowest BCUT2D eigenvalue weighted by molar-refractivity contribution is 0.376. The maximum atomic E-state index is 5.84. The van der Waals surface area contributed by atoms with Crippen LogP contribution in [0.25, 0.3) is 0 Å². The van der Waals surface area contributed by atoms with Gasteiger partial charge in [-0.15, -0.1) is 11.6 Å². The summed E-state index contributed by atoms with van der Waals surface area (Å²) in [7, 11) is 1.72. The van der Waals surface area contributed by atoms with Crippen LogP contribution < -0.4 is 10.1 Å². The Labute approximate surface area is 116 Å². The highest BCUT2D eigenvalue weighted by Gasteiger charge is 2.13. The van der Waals surface area contributed by atoms with E-state index in [4.69, 9.17) is 16.3 Å². The second-order valence-corrected chi connectivity index (χ2v) is 5.40. The number of nitrogens with one attached hydrogen (secondary N) is 1. The van der Waals surface area contributed by atoms with E-state index in [2.05, 4.69) is 38.2 Å². The van der Waals surface area contributed by atoms with Crippen molar-refractivity contribution in [2.45, 2.75) is 39.8 Å². The lowest BCUT2D eigenvalue weighted by Crippen LogP contribution is -2.33. The van der Waals surface area contributed by atoms with Crippen LogP contribution in [0.5, 0.6) is 5.75 Å². The molecule has 1 unspecified atom stereocenters. The van der Waals surface area contributed by atoms with Crippen molar-refractivity contribution in [3.63, 3.8) is 0 Å². The van der Waals surface area contributed by atoms with E-state index in [0.717, 1.165) is 18.7 Å². The molecule has 0 aliphatic rings. The summed E-state index contributed by atoms with van der Waals surface area (Å²) < 4.78 is 5.39. The van der Waals surface area contributed by atoms with Gasteiger partial charge in [-0.05, 0) is 25.3 Å². The summed E-state index contributed by atoms with van der Waals surface area (Å²) in [5, 5.41) is 3.57. The molecule has 0 aliphatic heterocycles. The Balaban J connectivity index is 2.68. The highest BCUT2D eigenvalue weighted by atomic mass is 35.5. The average Bonchev–Trinajstić information content (AvgIpc) is 2.34. The van der Waals surface area contributed by atoms with E-state index >= 15 is 0 Å². The van der Waals surface area contributed by atoms with Crippen LogP contribution in [0.2, 0.25) is 0 Å². The quantitative estimate of drug-likeness (QED) is 0.762. The predicted molar refractivity (Wildman–Crippen MR) is 78.5 cm³/mol. The second-order valence-electron chi connectivity index (χ2n) is 5.02. The average molecular weight is 270 g/mol. The summed E-state index contributed by atoms with van der Waals surface area (Å²) in [5.41, 5.74) is 2.46. The van der Waals surface area contributed by atoms with E-state index in [9.17, 15) is 0 Å². The molecule has 0 bridgehead atoms. The van der Waals surface area contributed by atoms with Crippen molar-refractivity contribution >= 4 is 11.6 Å². The van der Waals surface area contributed by atoms with Gasteiger partial charge in [-0.3, -0.25) is 0 Å². The fourth-order valence-electron chi connectivity index (χ4n) is 2.08. The Morgan fingerprint density at radius 3 is 2.61 bits per heavy atom. The van der Waals surface area contributed by atoms with Crippen LogP contribution in [-0.2, 0) is 6.54 Å². The zero-order valence-electron chi connectivity index (χ0n) is 11.8. The van der Waals surface area contributed by atoms with Gasteiger partial charge in [0.15, 0.2) is 0 Å². The van der Waals surface area contributed by atoms with Crippen molar-refractivity contribution in [3.8, 4) is 5.75 Å². The van der Waals surface area contributed by atoms with Crippen LogP contribution in [0.15, 0.2) is 18.2 Å². The van der Waals surface area contributed by atoms with Crippen LogP contribution in [-0.4, -0.2) is 19.0 Å². The fourth-order valence-corrected chi connectivity index (χ4v) is 2.31. The zero-order chi connectivity index (χ0) is 13.5. The van der Waals surface area contributed by atoms with Gasteiger partial charge in [0.25, 0.3) is 0 Å². The molecule has 3 heteroatoms. The summed E-state index contributed by atoms with van der Waals surface area (Å²) in [6, 6.07) is 6.72. The maximum absolute atomic E-state index is 5.84. The summed E-state index contributed by atoms with van der Waals surface area (Å²) >= 11 is 5.84. The highest BCUT2D eigenvalue weighted by Crippen LogP contribution is 2.20. The molecule has 1 aromatic rings. The van der Waals surface area contributed by atoms with Gasteiger partial charge < -0.3 is 10.1 Å². The number of hydrogen-bond donors (Lipinski definition) is 1. The molecule has 1 rings (SSSR count). The Morgan fingerprint density at radius 2 is 2.06 bits per heavy atom. The number of aryl methyl sites for hydroxylation is 1. The minimum atomic E-state index is 0.452. The molecule has 1 N–H and O–H groups in total. The number of hydrogen-bond acceptors (Lipinski definition) is 2. The topological polar surface area (TPSA) is 21.3 Å². The molecule has 0 saturated heterocycles. The van der Waals surface area contributed by atoms with Crippen LogP contribution in [0.4, 0.5) is 0 Å². The summed E-state index contributed by atoms with van der Waals surface area (Å²) in [6.45, 7) is 7.36. The molecule has 0 amide bonds. The fraction of sp³-hybridized carbons (Fsp3) is 0.600. The van der Waals surface area contributed by atoms with E-state index in [-0.39, 0.29) is 0 Å². The van der Waals surface area contributed by atoms with Crippen LogP contribution in [0, 0.1) is 12.8 Å². The van der Waals surface area contributed by atoms with Gasteiger partial charge in [0.2, 0.25) is 0 Å². The van der Waals surface area contributed by atoms with Crippen molar-refractivity contribution in [1.29, 1.82) is 0 Å². The molecule has 18 heavy (non-hydrogen) atoms. The van der Waals surface area contributed by atoms with Crippen molar-refractivity contribution in [1.82, 2.24) is 5.32 Å². The van der Waals surface area contributed by atoms with Gasteiger partial charge in [-0.25, -0.2) is 0 Å². The lowest BCUT2D eigenvalue weighted by atomic mass is 10.0. The van der Waals surface area contributed by atoms with Gasteiger partial charge in [0.1, 0.15) is 5.75 Å². The third-order valence-corrected chi connectivity index (χ3v) is 3.43. The number of benzene rings is 1. The molecule has 102 valence electrons. The second kappa shape index (κ2) is 7.65. The molecule has 0 heterocycles. The zero-order valence-corrected chi connectivity index (χ0v) is 12.6. The van der Waals surface area contributed by atoms with E-state index in [1.165, 1.54) is 11.1 Å². The SMILES string of the molecule is COc1ccc(C)cc1CNC(CCCl)C(C)C. The third-order valence-electron chi connectivity index (χ3n) is 3.22. The molecule has 0 aliphatic carbocycles. The third kappa shape index (κ3) is 4.51. The number of ether oxygens (including phenoxy) is 1. The number of halogens is 1.